The maximum atomic E-state index is 13.9. The zero-order chi connectivity index (χ0) is 58.4. The quantitative estimate of drug-likeness (QED) is 0.0483. The number of H-pyrrole nitrogens is 1. The monoisotopic (exact) mass is 1120 g/mol. The molecule has 8 rings (SSSR count). The molecule has 0 saturated carbocycles. The van der Waals surface area contributed by atoms with Crippen molar-refractivity contribution in [3.63, 3.8) is 0 Å². The van der Waals surface area contributed by atoms with E-state index < -0.39 is 141 Å². The molecular formula is C53H67N9O18. The van der Waals surface area contributed by atoms with Crippen molar-refractivity contribution in [1.29, 1.82) is 0 Å². The SMILES string of the molecule is [3H]n1nnc2c1-c1ccccc1CN(C(=O)CCNC(=O)CCC(=O)OC[C@H]1O[C@H](O[C@@H]3O[C@H](C[C@@H](O)[C@H]4O[C@@H](N5C=CC(=C)NC5=O)[C@H](O)[C@@H]4O)[C@H](O)[C@H](O)[C@H]3NC(=O)/C=C/CC(C)C)[C@H](NC(C)=O)[C@@H](O)[C@@H]1O)c1ccccc1-2. The standard InChI is InChI=1S/C53H67N9O18/c1-25(2)10-9-15-36(66)57-42-46(72)43(69)33(22-32(64)49-47(73)48(74)50(79-49)61-21-19-26(3)55-53(61)75)77-52(42)80-51-41(56-27(4)63)45(71)44(70)34(78-51)24-76-38(68)17-16-35(65)54-20-18-37(67)62-23-28-11-5-6-12-29(28)39-40(59-60-58-39)30-13-7-8-14-31(30)62/h5-9,11-15,19,21,25,32-34,41-52,64,69-74H,3,10,16-18,20,22-24H2,1-2,4H3,(H,54,65)(H,55,75)(H,56,63)(H,57,66)(H,58,59,60)/b15-9+/t32-,33-,34-,41-,42-,43+,44-,45-,46-,47+,48-,49-,50-,51-,52+/m1/s1/i/hT. The third-order valence-electron chi connectivity index (χ3n) is 14.1. The molecule has 0 aliphatic carbocycles. The lowest BCUT2D eigenvalue weighted by Gasteiger charge is -2.47. The minimum absolute atomic E-state index is 0.0997. The summed E-state index contributed by atoms with van der Waals surface area (Å²) in [5.74, 6) is -3.22. The number of amides is 6. The van der Waals surface area contributed by atoms with Crippen molar-refractivity contribution >= 4 is 41.3 Å². The van der Waals surface area contributed by atoms with Gasteiger partial charge in [0.25, 0.3) is 0 Å². The number of urea groups is 1. The smallest absolute Gasteiger partial charge is 0.328 e. The molecule has 6 heterocycles. The van der Waals surface area contributed by atoms with Gasteiger partial charge in [-0.2, -0.15) is 0 Å². The topological polar surface area (TPSA) is 386 Å². The van der Waals surface area contributed by atoms with Gasteiger partial charge in [-0.05, 0) is 36.1 Å². The van der Waals surface area contributed by atoms with Gasteiger partial charge in [0.1, 0.15) is 73.2 Å². The van der Waals surface area contributed by atoms with Gasteiger partial charge < -0.3 is 85.6 Å². The van der Waals surface area contributed by atoms with Gasteiger partial charge in [0.2, 0.25) is 23.6 Å². The normalized spacial score (nSPS) is 29.8. The maximum absolute atomic E-state index is 13.9. The van der Waals surface area contributed by atoms with Crippen LogP contribution in [0.15, 0.2) is 85.2 Å². The lowest BCUT2D eigenvalue weighted by molar-refractivity contribution is -0.347. The van der Waals surface area contributed by atoms with E-state index in [9.17, 15) is 64.5 Å². The molecular weight excluding hydrogens is 1050 g/mol. The van der Waals surface area contributed by atoms with Gasteiger partial charge in [-0.1, -0.05) is 74.2 Å². The summed E-state index contributed by atoms with van der Waals surface area (Å²) in [6.45, 7) is 7.84. The average Bonchev–Trinajstić information content (AvgIpc) is 4.01. The number of benzene rings is 2. The van der Waals surface area contributed by atoms with Crippen molar-refractivity contribution in [3.05, 3.63) is 90.8 Å². The number of anilines is 1. The fourth-order valence-electron chi connectivity index (χ4n) is 9.89. The first-order valence-corrected chi connectivity index (χ1v) is 26.1. The summed E-state index contributed by atoms with van der Waals surface area (Å²) in [5.41, 5.74) is 3.67. The van der Waals surface area contributed by atoms with Crippen LogP contribution in [0.1, 0.15) is 58.4 Å². The fraction of sp³-hybridized carbons (Fsp3) is 0.509. The van der Waals surface area contributed by atoms with Crippen molar-refractivity contribution in [2.24, 2.45) is 5.92 Å². The minimum atomic E-state index is -1.94. The number of nitrogens with one attached hydrogen (secondary N) is 5. The number of esters is 1. The number of para-hydroxylation sites is 1. The molecule has 27 heteroatoms. The highest BCUT2D eigenvalue weighted by molar-refractivity contribution is 6.00. The van der Waals surface area contributed by atoms with Crippen LogP contribution in [0.5, 0.6) is 0 Å². The number of carbonyl (C=O) groups excluding carboxylic acids is 6. The second-order valence-electron chi connectivity index (χ2n) is 20.4. The number of fused-ring (bicyclic) bond motifs is 5. The van der Waals surface area contributed by atoms with Crippen molar-refractivity contribution in [2.45, 2.75) is 151 Å². The molecule has 0 radical (unpaired) electrons. The van der Waals surface area contributed by atoms with E-state index in [0.29, 0.717) is 34.6 Å². The Labute approximate surface area is 460 Å². The van der Waals surface area contributed by atoms with Crippen LogP contribution >= 0.6 is 0 Å². The minimum Gasteiger partial charge on any atom is -0.463 e. The van der Waals surface area contributed by atoms with E-state index >= 15 is 0 Å². The van der Waals surface area contributed by atoms with Crippen LogP contribution in [-0.4, -0.2) is 197 Å². The highest BCUT2D eigenvalue weighted by Crippen LogP contribution is 2.40. The summed E-state index contributed by atoms with van der Waals surface area (Å²) < 4.78 is 37.7. The van der Waals surface area contributed by atoms with Gasteiger partial charge in [-0.3, -0.25) is 34.0 Å². The first-order chi connectivity index (χ1) is 38.6. The van der Waals surface area contributed by atoms with E-state index in [1.54, 1.807) is 35.2 Å². The van der Waals surface area contributed by atoms with Crippen LogP contribution in [0.25, 0.3) is 22.5 Å². The largest absolute Gasteiger partial charge is 0.463 e. The second kappa shape index (κ2) is 26.1. The van der Waals surface area contributed by atoms with E-state index in [-0.39, 0.29) is 43.5 Å². The molecule has 432 valence electrons. The highest BCUT2D eigenvalue weighted by Gasteiger charge is 2.54. The lowest BCUT2D eigenvalue weighted by atomic mass is 9.91. The predicted octanol–water partition coefficient (Wildman–Crippen LogP) is -1.43. The molecule has 12 N–H and O–H groups in total. The van der Waals surface area contributed by atoms with E-state index in [0.717, 1.165) is 22.5 Å². The Balaban J connectivity index is 0.895. The number of carbonyl (C=O) groups is 6. The lowest BCUT2D eigenvalue weighted by Crippen LogP contribution is -2.69. The number of hydrogen-bond acceptors (Lipinski definition) is 20. The number of hydrogen-bond donors (Lipinski definition) is 12. The van der Waals surface area contributed by atoms with Gasteiger partial charge in [0, 0.05) is 55.8 Å². The number of ether oxygens (including phenoxy) is 5. The molecule has 15 atom stereocenters. The van der Waals surface area contributed by atoms with E-state index in [1.807, 2.05) is 38.1 Å². The summed E-state index contributed by atoms with van der Waals surface area (Å²) >= 11 is 0. The van der Waals surface area contributed by atoms with Crippen LogP contribution in [0.4, 0.5) is 10.5 Å². The molecule has 27 nitrogen and oxygen atoms in total. The summed E-state index contributed by atoms with van der Waals surface area (Å²) in [7, 11) is 0. The van der Waals surface area contributed by atoms with E-state index in [4.69, 9.17) is 25.1 Å². The van der Waals surface area contributed by atoms with Crippen LogP contribution in [0, 0.1) is 5.92 Å². The third-order valence-corrected chi connectivity index (χ3v) is 14.1. The molecule has 5 aliphatic rings. The van der Waals surface area contributed by atoms with Crippen molar-refractivity contribution in [2.75, 3.05) is 18.1 Å². The van der Waals surface area contributed by atoms with E-state index in [1.165, 1.54) is 18.4 Å². The van der Waals surface area contributed by atoms with Gasteiger partial charge in [-0.25, -0.2) is 4.79 Å². The van der Waals surface area contributed by atoms with Crippen molar-refractivity contribution in [3.8, 4) is 22.5 Å². The predicted molar refractivity (Wildman–Crippen MR) is 277 cm³/mol. The number of aromatic nitrogens is 3. The van der Waals surface area contributed by atoms with Crippen molar-refractivity contribution in [1.82, 2.24) is 41.6 Å². The highest BCUT2D eigenvalue weighted by atomic mass is 16.8. The zero-order valence-electron chi connectivity index (χ0n) is 44.9. The Morgan fingerprint density at radius 2 is 1.55 bits per heavy atom. The molecule has 0 spiro atoms. The second-order valence-corrected chi connectivity index (χ2v) is 20.4. The molecule has 0 unspecified atom stereocenters. The summed E-state index contributed by atoms with van der Waals surface area (Å²) in [4.78, 5) is 80.8. The number of aliphatic hydroxyl groups excluding tert-OH is 7. The molecule has 80 heavy (non-hydrogen) atoms. The maximum Gasteiger partial charge on any atom is 0.328 e. The Hall–Kier alpha value is -7.02. The molecule has 1 aromatic heterocycles. The Kier molecular flexibility index (Phi) is 18.8. The Bertz CT molecular complexity index is 2870. The molecule has 0 bridgehead atoms. The number of aromatic amines is 1. The van der Waals surface area contributed by atoms with Gasteiger partial charge in [0.05, 0.1) is 36.6 Å². The van der Waals surface area contributed by atoms with E-state index in [2.05, 4.69) is 38.2 Å². The first kappa shape index (κ1) is 57.7. The average molecular weight is 1120 g/mol. The third kappa shape index (κ3) is 13.6. The van der Waals surface area contributed by atoms with Gasteiger partial charge in [0.15, 0.2) is 20.2 Å². The van der Waals surface area contributed by atoms with Crippen LogP contribution < -0.4 is 26.2 Å². The Morgan fingerprint density at radius 3 is 2.26 bits per heavy atom. The molecule has 2 aromatic carbocycles. The Morgan fingerprint density at radius 1 is 0.875 bits per heavy atom. The molecule has 6 amide bonds. The summed E-state index contributed by atoms with van der Waals surface area (Å²) in [5, 5.41) is 98.0. The molecule has 3 aromatic rings. The van der Waals surface area contributed by atoms with Gasteiger partial charge in [-0.15, -0.1) is 5.10 Å². The molecule has 5 aliphatic heterocycles. The molecule has 3 saturated heterocycles. The van der Waals surface area contributed by atoms with Crippen LogP contribution in [-0.2, 0) is 54.2 Å². The van der Waals surface area contributed by atoms with Crippen LogP contribution in [0.3, 0.4) is 0 Å². The fourth-order valence-corrected chi connectivity index (χ4v) is 9.89. The summed E-state index contributed by atoms with van der Waals surface area (Å²) in [6.07, 6.45) is -18.7. The zero-order valence-corrected chi connectivity index (χ0v) is 43.9. The number of rotatable bonds is 19. The summed E-state index contributed by atoms with van der Waals surface area (Å²) in [6, 6.07) is 10.4. The first-order valence-electron chi connectivity index (χ1n) is 26.5. The van der Waals surface area contributed by atoms with Gasteiger partial charge >= 0.3 is 12.0 Å². The number of nitrogens with zero attached hydrogens (tertiary/aromatic N) is 4. The van der Waals surface area contributed by atoms with Crippen LogP contribution in [0.2, 0.25) is 1.41 Å². The number of allylic oxidation sites excluding steroid dienone is 2. The number of aliphatic hydroxyl groups is 7. The van der Waals surface area contributed by atoms with Crippen molar-refractivity contribution < 1.29 is 89.6 Å². The molecule has 3 fully saturated rings.